The maximum atomic E-state index is 5.16. The molecule has 0 atom stereocenters. The Kier molecular flexibility index (Phi) is 4.24. The Hall–Kier alpha value is -2.50. The Labute approximate surface area is 117 Å². The van der Waals surface area contributed by atoms with E-state index >= 15 is 0 Å². The lowest BCUT2D eigenvalue weighted by Crippen LogP contribution is -1.96. The second-order valence-corrected chi connectivity index (χ2v) is 3.88. The number of nitrogens with zero attached hydrogens (tertiary/aromatic N) is 2. The second kappa shape index (κ2) is 6.10. The van der Waals surface area contributed by atoms with Crippen LogP contribution in [0, 0.1) is 0 Å². The lowest BCUT2D eigenvalue weighted by Gasteiger charge is -2.10. The van der Waals surface area contributed by atoms with E-state index in [0.29, 0.717) is 23.5 Å². The molecule has 2 aromatic heterocycles. The van der Waals surface area contributed by atoms with Crippen molar-refractivity contribution in [3.63, 3.8) is 0 Å². The van der Waals surface area contributed by atoms with Crippen molar-refractivity contribution >= 4 is 0 Å². The molecule has 0 saturated heterocycles. The van der Waals surface area contributed by atoms with Gasteiger partial charge in [-0.05, 0) is 11.1 Å². The standard InChI is InChI=1S/C14H16N2O4/c1-17-11-5-9(6-12(15-11)18-2)10-7-13(19-3)16-14(8-10)20-4/h5-8H,1-4H3. The Balaban J connectivity index is 2.54. The number of methoxy groups -OCH3 is 4. The molecular formula is C14H16N2O4. The SMILES string of the molecule is COc1cc(-c2cc(OC)nc(OC)c2)cc(OC)n1. The van der Waals surface area contributed by atoms with Crippen LogP contribution >= 0.6 is 0 Å². The van der Waals surface area contributed by atoms with Crippen molar-refractivity contribution in [3.8, 4) is 34.6 Å². The van der Waals surface area contributed by atoms with Gasteiger partial charge in [0, 0.05) is 24.3 Å². The Bertz CT molecular complexity index is 504. The molecular weight excluding hydrogens is 260 g/mol. The zero-order valence-corrected chi connectivity index (χ0v) is 11.8. The van der Waals surface area contributed by atoms with Crippen molar-refractivity contribution in [2.45, 2.75) is 0 Å². The van der Waals surface area contributed by atoms with Crippen LogP contribution in [0.1, 0.15) is 0 Å². The van der Waals surface area contributed by atoms with Crippen molar-refractivity contribution in [2.75, 3.05) is 28.4 Å². The van der Waals surface area contributed by atoms with Crippen LogP contribution in [-0.2, 0) is 0 Å². The predicted octanol–water partition coefficient (Wildman–Crippen LogP) is 2.18. The molecule has 0 spiro atoms. The van der Waals surface area contributed by atoms with Gasteiger partial charge < -0.3 is 18.9 Å². The highest BCUT2D eigenvalue weighted by molar-refractivity contribution is 5.67. The molecule has 0 saturated carbocycles. The van der Waals surface area contributed by atoms with Crippen molar-refractivity contribution in [1.82, 2.24) is 9.97 Å². The largest absolute Gasteiger partial charge is 0.481 e. The van der Waals surface area contributed by atoms with Crippen LogP contribution in [-0.4, -0.2) is 38.4 Å². The summed E-state index contributed by atoms with van der Waals surface area (Å²) in [6, 6.07) is 7.21. The van der Waals surface area contributed by atoms with Crippen LogP contribution in [0.5, 0.6) is 23.5 Å². The molecule has 0 radical (unpaired) electrons. The quantitative estimate of drug-likeness (QED) is 0.834. The minimum Gasteiger partial charge on any atom is -0.481 e. The molecule has 0 aromatic carbocycles. The third-order valence-electron chi connectivity index (χ3n) is 2.73. The molecule has 2 aromatic rings. The van der Waals surface area contributed by atoms with E-state index in [0.717, 1.165) is 11.1 Å². The van der Waals surface area contributed by atoms with Crippen LogP contribution in [0.2, 0.25) is 0 Å². The van der Waals surface area contributed by atoms with Crippen molar-refractivity contribution < 1.29 is 18.9 Å². The molecule has 0 unspecified atom stereocenters. The zero-order valence-electron chi connectivity index (χ0n) is 11.8. The van der Waals surface area contributed by atoms with Crippen LogP contribution < -0.4 is 18.9 Å². The first-order valence-corrected chi connectivity index (χ1v) is 5.90. The van der Waals surface area contributed by atoms with E-state index in [1.165, 1.54) is 0 Å². The van der Waals surface area contributed by atoms with E-state index in [4.69, 9.17) is 18.9 Å². The Morgan fingerprint density at radius 1 is 0.550 bits per heavy atom. The lowest BCUT2D eigenvalue weighted by atomic mass is 10.1. The molecule has 2 rings (SSSR count). The molecule has 2 heterocycles. The van der Waals surface area contributed by atoms with E-state index in [-0.39, 0.29) is 0 Å². The van der Waals surface area contributed by atoms with Gasteiger partial charge in [-0.15, -0.1) is 0 Å². The summed E-state index contributed by atoms with van der Waals surface area (Å²) in [6.07, 6.45) is 0. The Morgan fingerprint density at radius 2 is 0.800 bits per heavy atom. The molecule has 0 bridgehead atoms. The second-order valence-electron chi connectivity index (χ2n) is 3.88. The highest BCUT2D eigenvalue weighted by atomic mass is 16.5. The average Bonchev–Trinajstić information content (AvgIpc) is 2.53. The first kappa shape index (κ1) is 13.9. The number of hydrogen-bond donors (Lipinski definition) is 0. The number of hydrogen-bond acceptors (Lipinski definition) is 6. The molecule has 0 amide bonds. The summed E-state index contributed by atoms with van der Waals surface area (Å²) in [5.41, 5.74) is 1.74. The van der Waals surface area contributed by atoms with E-state index in [9.17, 15) is 0 Å². The highest BCUT2D eigenvalue weighted by Gasteiger charge is 2.09. The lowest BCUT2D eigenvalue weighted by molar-refractivity contribution is 0.363. The van der Waals surface area contributed by atoms with E-state index in [1.54, 1.807) is 52.7 Å². The number of pyridine rings is 2. The smallest absolute Gasteiger partial charge is 0.216 e. The van der Waals surface area contributed by atoms with Crippen LogP contribution in [0.3, 0.4) is 0 Å². The van der Waals surface area contributed by atoms with E-state index in [2.05, 4.69) is 9.97 Å². The molecule has 0 aliphatic rings. The summed E-state index contributed by atoms with van der Waals surface area (Å²) in [5, 5.41) is 0. The Morgan fingerprint density at radius 3 is 1.00 bits per heavy atom. The van der Waals surface area contributed by atoms with Crippen LogP contribution in [0.15, 0.2) is 24.3 Å². The zero-order chi connectivity index (χ0) is 14.5. The van der Waals surface area contributed by atoms with E-state index < -0.39 is 0 Å². The molecule has 0 fully saturated rings. The first-order chi connectivity index (χ1) is 9.69. The highest BCUT2D eigenvalue weighted by Crippen LogP contribution is 2.30. The topological polar surface area (TPSA) is 62.7 Å². The van der Waals surface area contributed by atoms with Gasteiger partial charge >= 0.3 is 0 Å². The van der Waals surface area contributed by atoms with Gasteiger partial charge in [0.25, 0.3) is 0 Å². The molecule has 0 aliphatic carbocycles. The van der Waals surface area contributed by atoms with Gasteiger partial charge in [0.15, 0.2) is 0 Å². The van der Waals surface area contributed by atoms with Gasteiger partial charge in [0.2, 0.25) is 23.5 Å². The van der Waals surface area contributed by atoms with Gasteiger partial charge in [-0.3, -0.25) is 0 Å². The molecule has 106 valence electrons. The van der Waals surface area contributed by atoms with Crippen LogP contribution in [0.25, 0.3) is 11.1 Å². The molecule has 20 heavy (non-hydrogen) atoms. The average molecular weight is 276 g/mol. The maximum absolute atomic E-state index is 5.16. The van der Waals surface area contributed by atoms with Crippen molar-refractivity contribution in [1.29, 1.82) is 0 Å². The van der Waals surface area contributed by atoms with Gasteiger partial charge in [0.1, 0.15) is 0 Å². The minimum atomic E-state index is 0.467. The fraction of sp³-hybridized carbons (Fsp3) is 0.286. The van der Waals surface area contributed by atoms with Gasteiger partial charge in [-0.1, -0.05) is 0 Å². The third kappa shape index (κ3) is 2.90. The molecule has 0 N–H and O–H groups in total. The summed E-state index contributed by atoms with van der Waals surface area (Å²) in [7, 11) is 6.22. The normalized spacial score (nSPS) is 10.0. The fourth-order valence-corrected chi connectivity index (χ4v) is 1.71. The summed E-state index contributed by atoms with van der Waals surface area (Å²) < 4.78 is 20.7. The molecule has 6 nitrogen and oxygen atoms in total. The number of aromatic nitrogens is 2. The van der Waals surface area contributed by atoms with E-state index in [1.807, 2.05) is 0 Å². The monoisotopic (exact) mass is 276 g/mol. The fourth-order valence-electron chi connectivity index (χ4n) is 1.71. The van der Waals surface area contributed by atoms with Crippen molar-refractivity contribution in [2.24, 2.45) is 0 Å². The van der Waals surface area contributed by atoms with Gasteiger partial charge in [0.05, 0.1) is 28.4 Å². The number of ether oxygens (including phenoxy) is 4. The first-order valence-electron chi connectivity index (χ1n) is 5.90. The molecule has 6 heteroatoms. The number of rotatable bonds is 5. The van der Waals surface area contributed by atoms with Crippen molar-refractivity contribution in [3.05, 3.63) is 24.3 Å². The van der Waals surface area contributed by atoms with Gasteiger partial charge in [-0.25, -0.2) is 0 Å². The minimum absolute atomic E-state index is 0.467. The van der Waals surface area contributed by atoms with Crippen LogP contribution in [0.4, 0.5) is 0 Å². The van der Waals surface area contributed by atoms with Gasteiger partial charge in [-0.2, -0.15) is 9.97 Å². The summed E-state index contributed by atoms with van der Waals surface area (Å²) >= 11 is 0. The summed E-state index contributed by atoms with van der Waals surface area (Å²) in [4.78, 5) is 8.32. The summed E-state index contributed by atoms with van der Waals surface area (Å²) in [6.45, 7) is 0. The third-order valence-corrected chi connectivity index (χ3v) is 2.73. The summed E-state index contributed by atoms with van der Waals surface area (Å²) in [5.74, 6) is 1.87. The molecule has 0 aliphatic heterocycles. The maximum Gasteiger partial charge on any atom is 0.216 e. The predicted molar refractivity (Wildman–Crippen MR) is 73.7 cm³/mol.